The highest BCUT2D eigenvalue weighted by Gasteiger charge is 2.30. The molecule has 3 N–H and O–H groups in total. The molecule has 0 unspecified atom stereocenters. The summed E-state index contributed by atoms with van der Waals surface area (Å²) in [5.41, 5.74) is 4.95. The molecule has 186 valence electrons. The molecule has 0 aliphatic carbocycles. The minimum absolute atomic E-state index is 0.219. The number of alkyl halides is 3. The van der Waals surface area contributed by atoms with Gasteiger partial charge in [-0.15, -0.1) is 13.2 Å². The number of aryl methyl sites for hydroxylation is 1. The topological polar surface area (TPSA) is 62.0 Å². The molecule has 35 heavy (non-hydrogen) atoms. The monoisotopic (exact) mass is 504 g/mol. The van der Waals surface area contributed by atoms with E-state index in [0.717, 1.165) is 34.1 Å². The first-order valence-corrected chi connectivity index (χ1v) is 11.5. The quantitative estimate of drug-likeness (QED) is 0.266. The maximum absolute atomic E-state index is 12.3. The number of hydrogen-bond donors (Lipinski definition) is 3. The lowest BCUT2D eigenvalue weighted by Gasteiger charge is -2.12. The van der Waals surface area contributed by atoms with E-state index >= 15 is 0 Å². The average Bonchev–Trinajstić information content (AvgIpc) is 3.21. The number of allylic oxidation sites excluding steroid dienone is 1. The number of nitrogens with zero attached hydrogens (tertiary/aromatic N) is 1. The van der Waals surface area contributed by atoms with Crippen molar-refractivity contribution in [2.24, 2.45) is 5.92 Å². The zero-order chi connectivity index (χ0) is 25.6. The van der Waals surface area contributed by atoms with Gasteiger partial charge in [0.15, 0.2) is 0 Å². The average molecular weight is 505 g/mol. The number of aromatic nitrogens is 2. The summed E-state index contributed by atoms with van der Waals surface area (Å²) in [5.74, 6) is 0.655. The fraction of sp³-hybridized carbons (Fsp3) is 0.269. The minimum atomic E-state index is -4.71. The number of imidazole rings is 1. The van der Waals surface area contributed by atoms with E-state index in [9.17, 15) is 13.2 Å². The Morgan fingerprint density at radius 3 is 2.26 bits per heavy atom. The molecule has 0 spiro atoms. The second kappa shape index (κ2) is 11.4. The van der Waals surface area contributed by atoms with Gasteiger partial charge >= 0.3 is 6.36 Å². The molecule has 3 rings (SSSR count). The van der Waals surface area contributed by atoms with Crippen molar-refractivity contribution in [1.82, 2.24) is 15.3 Å². The number of aromatic amines is 1. The minimum Gasteiger partial charge on any atom is -0.406 e. The lowest BCUT2D eigenvalue weighted by molar-refractivity contribution is -0.274. The number of anilines is 2. The number of halogens is 4. The van der Waals surface area contributed by atoms with E-state index in [1.165, 1.54) is 24.3 Å². The van der Waals surface area contributed by atoms with Crippen molar-refractivity contribution in [3.8, 4) is 5.75 Å². The summed E-state index contributed by atoms with van der Waals surface area (Å²) in [6, 6.07) is 13.2. The Morgan fingerprint density at radius 2 is 1.71 bits per heavy atom. The number of ether oxygens (including phenoxy) is 1. The van der Waals surface area contributed by atoms with Gasteiger partial charge in [0.2, 0.25) is 0 Å². The van der Waals surface area contributed by atoms with E-state index in [1.807, 2.05) is 51.1 Å². The summed E-state index contributed by atoms with van der Waals surface area (Å²) in [5, 5.41) is 7.19. The van der Waals surface area contributed by atoms with Crippen LogP contribution in [0.25, 0.3) is 11.8 Å². The van der Waals surface area contributed by atoms with Crippen LogP contribution in [-0.2, 0) is 13.0 Å². The number of rotatable bonds is 10. The normalized spacial score (nSPS) is 12.1. The van der Waals surface area contributed by atoms with Crippen LogP contribution >= 0.6 is 11.6 Å². The van der Waals surface area contributed by atoms with Crippen LogP contribution < -0.4 is 15.4 Å². The van der Waals surface area contributed by atoms with Gasteiger partial charge < -0.3 is 20.4 Å². The van der Waals surface area contributed by atoms with Gasteiger partial charge in [-0.1, -0.05) is 51.1 Å². The molecule has 0 fully saturated rings. The number of nitrogens with one attached hydrogen (secondary N) is 3. The number of benzene rings is 2. The van der Waals surface area contributed by atoms with Gasteiger partial charge in [0.05, 0.1) is 5.70 Å². The van der Waals surface area contributed by atoms with Crippen molar-refractivity contribution in [1.29, 1.82) is 0 Å². The molecule has 0 bridgehead atoms. The smallest absolute Gasteiger partial charge is 0.406 e. The molecule has 9 heteroatoms. The molecule has 0 saturated heterocycles. The summed E-state index contributed by atoms with van der Waals surface area (Å²) in [6.07, 6.45) is -2.09. The third-order valence-corrected chi connectivity index (χ3v) is 5.64. The molecule has 0 aliphatic heterocycles. The standard InChI is InChI=1S/C26H28ClF3N4O/c1-5-23-25(34-24(33-23)14-22(27)16(2)3)17(4)31-15-18-6-8-19(9-7-18)32-20-10-12-21(13-11-20)35-26(28,29)30/h6-14,16,31-32H,4-5,15H2,1-3H3,(H,33,34)/b22-14+. The Labute approximate surface area is 208 Å². The van der Waals surface area contributed by atoms with E-state index in [2.05, 4.69) is 31.9 Å². The summed E-state index contributed by atoms with van der Waals surface area (Å²) >= 11 is 6.28. The third kappa shape index (κ3) is 7.82. The molecule has 0 amide bonds. The molecular weight excluding hydrogens is 477 g/mol. The summed E-state index contributed by atoms with van der Waals surface area (Å²) in [7, 11) is 0. The number of hydrogen-bond acceptors (Lipinski definition) is 4. The Kier molecular flexibility index (Phi) is 8.51. The van der Waals surface area contributed by atoms with Crippen LogP contribution in [-0.4, -0.2) is 16.3 Å². The first-order valence-electron chi connectivity index (χ1n) is 11.1. The van der Waals surface area contributed by atoms with Gasteiger partial charge in [0.25, 0.3) is 0 Å². The van der Waals surface area contributed by atoms with Crippen LogP contribution in [0.2, 0.25) is 0 Å². The van der Waals surface area contributed by atoms with Crippen molar-refractivity contribution in [3.05, 3.63) is 82.9 Å². The van der Waals surface area contributed by atoms with Crippen molar-refractivity contribution in [2.45, 2.75) is 40.1 Å². The zero-order valence-electron chi connectivity index (χ0n) is 19.8. The van der Waals surface area contributed by atoms with Crippen LogP contribution in [0.5, 0.6) is 5.75 Å². The van der Waals surface area contributed by atoms with Crippen LogP contribution in [0.4, 0.5) is 24.5 Å². The highest BCUT2D eigenvalue weighted by atomic mass is 35.5. The SMILES string of the molecule is C=C(NCc1ccc(Nc2ccc(OC(F)(F)F)cc2)cc1)c1nc(/C=C(/Cl)C(C)C)[nH]c1CC. The van der Waals surface area contributed by atoms with E-state index in [0.29, 0.717) is 23.8 Å². The summed E-state index contributed by atoms with van der Waals surface area (Å²) in [4.78, 5) is 7.94. The molecule has 1 aromatic heterocycles. The third-order valence-electron chi connectivity index (χ3n) is 5.10. The van der Waals surface area contributed by atoms with Crippen LogP contribution in [0, 0.1) is 5.92 Å². The Hall–Kier alpha value is -3.39. The zero-order valence-corrected chi connectivity index (χ0v) is 20.5. The molecule has 0 radical (unpaired) electrons. The van der Waals surface area contributed by atoms with Crippen LogP contribution in [0.3, 0.4) is 0 Å². The number of H-pyrrole nitrogens is 1. The van der Waals surface area contributed by atoms with Gasteiger partial charge in [0.1, 0.15) is 17.3 Å². The first kappa shape index (κ1) is 26.2. The van der Waals surface area contributed by atoms with Crippen molar-refractivity contribution in [3.63, 3.8) is 0 Å². The largest absolute Gasteiger partial charge is 0.573 e. The molecule has 0 aliphatic rings. The van der Waals surface area contributed by atoms with Gasteiger partial charge in [-0.3, -0.25) is 0 Å². The van der Waals surface area contributed by atoms with E-state index in [1.54, 1.807) is 0 Å². The maximum Gasteiger partial charge on any atom is 0.573 e. The first-order chi connectivity index (χ1) is 16.5. The van der Waals surface area contributed by atoms with Gasteiger partial charge in [-0.2, -0.15) is 0 Å². The van der Waals surface area contributed by atoms with Crippen LogP contribution in [0.15, 0.2) is 60.1 Å². The molecule has 0 saturated carbocycles. The van der Waals surface area contributed by atoms with Crippen molar-refractivity contribution >= 4 is 34.7 Å². The van der Waals surface area contributed by atoms with Crippen molar-refractivity contribution in [2.75, 3.05) is 5.32 Å². The Bertz CT molecular complexity index is 1170. The Morgan fingerprint density at radius 1 is 1.11 bits per heavy atom. The lowest BCUT2D eigenvalue weighted by Crippen LogP contribution is -2.16. The molecule has 5 nitrogen and oxygen atoms in total. The summed E-state index contributed by atoms with van der Waals surface area (Å²) < 4.78 is 40.7. The second-order valence-electron chi connectivity index (χ2n) is 8.21. The van der Waals surface area contributed by atoms with Gasteiger partial charge in [-0.05, 0) is 60.4 Å². The van der Waals surface area contributed by atoms with E-state index in [-0.39, 0.29) is 11.7 Å². The highest BCUT2D eigenvalue weighted by molar-refractivity contribution is 6.31. The van der Waals surface area contributed by atoms with Gasteiger partial charge in [-0.25, -0.2) is 4.98 Å². The van der Waals surface area contributed by atoms with Crippen molar-refractivity contribution < 1.29 is 17.9 Å². The van der Waals surface area contributed by atoms with Crippen LogP contribution in [0.1, 0.15) is 43.5 Å². The summed E-state index contributed by atoms with van der Waals surface area (Å²) in [6.45, 7) is 10.8. The molecular formula is C26H28ClF3N4O. The Balaban J connectivity index is 1.58. The predicted octanol–water partition coefficient (Wildman–Crippen LogP) is 7.61. The molecule has 2 aromatic carbocycles. The molecule has 3 aromatic rings. The highest BCUT2D eigenvalue weighted by Crippen LogP contribution is 2.26. The predicted molar refractivity (Wildman–Crippen MR) is 135 cm³/mol. The maximum atomic E-state index is 12.3. The fourth-order valence-corrected chi connectivity index (χ4v) is 3.31. The molecule has 0 atom stereocenters. The van der Waals surface area contributed by atoms with Gasteiger partial charge in [0, 0.05) is 28.6 Å². The second-order valence-corrected chi connectivity index (χ2v) is 8.65. The molecule has 1 heterocycles. The van der Waals surface area contributed by atoms with E-state index in [4.69, 9.17) is 11.6 Å². The fourth-order valence-electron chi connectivity index (χ4n) is 3.21. The lowest BCUT2D eigenvalue weighted by atomic mass is 10.1. The van der Waals surface area contributed by atoms with E-state index < -0.39 is 6.36 Å².